The van der Waals surface area contributed by atoms with Crippen molar-refractivity contribution in [1.29, 1.82) is 0 Å². The van der Waals surface area contributed by atoms with Crippen molar-refractivity contribution in [3.8, 4) is 11.5 Å². The number of aromatic nitrogens is 5. The number of likely N-dealkylation sites (tertiary alicyclic amines) is 1. The van der Waals surface area contributed by atoms with Crippen LogP contribution < -0.4 is 0 Å². The number of nitrogens with one attached hydrogen (secondary N) is 1. The zero-order valence-corrected chi connectivity index (χ0v) is 13.8. The lowest BCUT2D eigenvalue weighted by atomic mass is 10.1. The number of thiazole rings is 1. The molecule has 1 fully saturated rings. The number of H-pyrrole nitrogens is 1. The van der Waals surface area contributed by atoms with E-state index in [0.717, 1.165) is 42.4 Å². The molecule has 23 heavy (non-hydrogen) atoms. The summed E-state index contributed by atoms with van der Waals surface area (Å²) in [6.07, 6.45) is 9.57. The molecule has 0 spiro atoms. The zero-order chi connectivity index (χ0) is 15.6. The molecule has 1 atom stereocenters. The maximum atomic E-state index is 4.65. The molecule has 3 aromatic rings. The number of imidazole rings is 1. The Labute approximate surface area is 138 Å². The highest BCUT2D eigenvalue weighted by molar-refractivity contribution is 7.09. The van der Waals surface area contributed by atoms with E-state index in [-0.39, 0.29) is 6.04 Å². The highest BCUT2D eigenvalue weighted by Gasteiger charge is 2.30. The number of rotatable bonds is 4. The van der Waals surface area contributed by atoms with Gasteiger partial charge in [-0.05, 0) is 26.3 Å². The molecule has 0 bridgehead atoms. The van der Waals surface area contributed by atoms with Crippen molar-refractivity contribution < 1.29 is 0 Å². The number of hydrogen-bond acceptors (Lipinski definition) is 6. The average Bonchev–Trinajstić information content (AvgIpc) is 3.30. The standard InChI is InChI=1S/C16H18N6S/c1-11-7-20-16(21-11)15-14(18-4-5-19-15)13-3-2-6-22(13)9-12-8-17-10-23-12/h4-5,7-8,10,13H,2-3,6,9H2,1H3,(H,20,21)/t13-/m1/s1. The van der Waals surface area contributed by atoms with Crippen LogP contribution >= 0.6 is 11.3 Å². The van der Waals surface area contributed by atoms with Gasteiger partial charge in [0.2, 0.25) is 0 Å². The van der Waals surface area contributed by atoms with Gasteiger partial charge in [0.25, 0.3) is 0 Å². The van der Waals surface area contributed by atoms with E-state index in [1.54, 1.807) is 23.7 Å². The van der Waals surface area contributed by atoms with Crippen LogP contribution in [-0.4, -0.2) is 36.4 Å². The first kappa shape index (κ1) is 14.5. The van der Waals surface area contributed by atoms with Gasteiger partial charge in [-0.15, -0.1) is 11.3 Å². The molecule has 0 amide bonds. The van der Waals surface area contributed by atoms with E-state index in [9.17, 15) is 0 Å². The first-order valence-corrected chi connectivity index (χ1v) is 8.63. The van der Waals surface area contributed by atoms with Crippen molar-refractivity contribution in [1.82, 2.24) is 29.8 Å². The Kier molecular flexibility index (Phi) is 3.88. The van der Waals surface area contributed by atoms with Gasteiger partial charge in [0.05, 0.1) is 17.2 Å². The average molecular weight is 326 g/mol. The van der Waals surface area contributed by atoms with Gasteiger partial charge >= 0.3 is 0 Å². The molecule has 0 unspecified atom stereocenters. The van der Waals surface area contributed by atoms with Crippen molar-refractivity contribution in [2.24, 2.45) is 0 Å². The van der Waals surface area contributed by atoms with Gasteiger partial charge in [0, 0.05) is 41.9 Å². The highest BCUT2D eigenvalue weighted by Crippen LogP contribution is 2.35. The SMILES string of the molecule is Cc1cnc(-c2nccnc2[C@H]2CCCN2Cc2cncs2)[nH]1. The van der Waals surface area contributed by atoms with Crippen LogP contribution in [0.5, 0.6) is 0 Å². The second-order valence-corrected chi connectivity index (χ2v) is 6.77. The lowest BCUT2D eigenvalue weighted by molar-refractivity contribution is 0.246. The minimum Gasteiger partial charge on any atom is -0.341 e. The van der Waals surface area contributed by atoms with Gasteiger partial charge < -0.3 is 4.98 Å². The van der Waals surface area contributed by atoms with E-state index in [0.29, 0.717) is 0 Å². The van der Waals surface area contributed by atoms with E-state index in [1.807, 2.05) is 24.8 Å². The van der Waals surface area contributed by atoms with E-state index in [1.165, 1.54) is 11.3 Å². The maximum absolute atomic E-state index is 4.65. The van der Waals surface area contributed by atoms with Crippen LogP contribution in [0.25, 0.3) is 11.5 Å². The van der Waals surface area contributed by atoms with Crippen LogP contribution in [0.15, 0.2) is 30.3 Å². The fraction of sp³-hybridized carbons (Fsp3) is 0.375. The fourth-order valence-corrected chi connectivity index (χ4v) is 3.77. The van der Waals surface area contributed by atoms with Crippen LogP contribution in [0.3, 0.4) is 0 Å². The third-order valence-corrected chi connectivity index (χ3v) is 4.94. The van der Waals surface area contributed by atoms with Crippen molar-refractivity contribution in [2.75, 3.05) is 6.54 Å². The van der Waals surface area contributed by atoms with E-state index in [4.69, 9.17) is 0 Å². The fourth-order valence-electron chi connectivity index (χ4n) is 3.15. The topological polar surface area (TPSA) is 70.6 Å². The monoisotopic (exact) mass is 326 g/mol. The third-order valence-electron chi connectivity index (χ3n) is 4.18. The molecule has 0 radical (unpaired) electrons. The molecule has 3 aromatic heterocycles. The zero-order valence-electron chi connectivity index (χ0n) is 12.9. The predicted octanol–water partition coefficient (Wildman–Crippen LogP) is 2.97. The van der Waals surface area contributed by atoms with Crippen molar-refractivity contribution >= 4 is 11.3 Å². The quantitative estimate of drug-likeness (QED) is 0.798. The summed E-state index contributed by atoms with van der Waals surface area (Å²) in [5.74, 6) is 0.801. The van der Waals surface area contributed by atoms with E-state index in [2.05, 4.69) is 29.8 Å². The third kappa shape index (κ3) is 2.89. The highest BCUT2D eigenvalue weighted by atomic mass is 32.1. The number of aryl methyl sites for hydroxylation is 1. The second-order valence-electron chi connectivity index (χ2n) is 5.80. The van der Waals surface area contributed by atoms with Crippen LogP contribution in [0.4, 0.5) is 0 Å². The first-order chi connectivity index (χ1) is 11.3. The molecule has 118 valence electrons. The Morgan fingerprint density at radius 2 is 2.17 bits per heavy atom. The molecule has 1 N–H and O–H groups in total. The van der Waals surface area contributed by atoms with Crippen LogP contribution in [-0.2, 0) is 6.54 Å². The van der Waals surface area contributed by atoms with Crippen LogP contribution in [0, 0.1) is 6.92 Å². The number of aromatic amines is 1. The Hall–Kier alpha value is -2.12. The summed E-state index contributed by atoms with van der Waals surface area (Å²) in [6, 6.07) is 0.284. The summed E-state index contributed by atoms with van der Waals surface area (Å²) in [6.45, 7) is 4.00. The van der Waals surface area contributed by atoms with Gasteiger partial charge in [0.1, 0.15) is 5.69 Å². The molecule has 7 heteroatoms. The first-order valence-electron chi connectivity index (χ1n) is 7.75. The van der Waals surface area contributed by atoms with Crippen molar-refractivity contribution in [2.45, 2.75) is 32.4 Å². The number of hydrogen-bond donors (Lipinski definition) is 1. The second kappa shape index (κ2) is 6.17. The normalized spacial score (nSPS) is 18.6. The van der Waals surface area contributed by atoms with Gasteiger partial charge in [-0.1, -0.05) is 0 Å². The van der Waals surface area contributed by atoms with Crippen molar-refractivity contribution in [3.63, 3.8) is 0 Å². The summed E-state index contributed by atoms with van der Waals surface area (Å²) >= 11 is 1.70. The smallest absolute Gasteiger partial charge is 0.158 e. The largest absolute Gasteiger partial charge is 0.341 e. The van der Waals surface area contributed by atoms with Gasteiger partial charge in [-0.3, -0.25) is 14.9 Å². The summed E-state index contributed by atoms with van der Waals surface area (Å²) in [5, 5.41) is 0. The molecule has 4 heterocycles. The molecule has 1 aliphatic heterocycles. The molecule has 4 rings (SSSR count). The van der Waals surface area contributed by atoms with Crippen LogP contribution in [0.2, 0.25) is 0 Å². The Morgan fingerprint density at radius 1 is 1.26 bits per heavy atom. The molecule has 0 aromatic carbocycles. The van der Waals surface area contributed by atoms with Crippen LogP contribution in [0.1, 0.15) is 35.1 Å². The molecular weight excluding hydrogens is 308 g/mol. The van der Waals surface area contributed by atoms with Gasteiger partial charge in [-0.2, -0.15) is 0 Å². The molecule has 0 aliphatic carbocycles. The Bertz CT molecular complexity index is 781. The summed E-state index contributed by atoms with van der Waals surface area (Å²) in [7, 11) is 0. The maximum Gasteiger partial charge on any atom is 0.158 e. The Balaban J connectivity index is 1.66. The van der Waals surface area contributed by atoms with E-state index < -0.39 is 0 Å². The van der Waals surface area contributed by atoms with Gasteiger partial charge in [0.15, 0.2) is 5.82 Å². The summed E-state index contributed by atoms with van der Waals surface area (Å²) in [4.78, 5) is 24.8. The lowest BCUT2D eigenvalue weighted by Crippen LogP contribution is -2.24. The molecule has 1 saturated heterocycles. The van der Waals surface area contributed by atoms with Gasteiger partial charge in [-0.25, -0.2) is 9.97 Å². The lowest BCUT2D eigenvalue weighted by Gasteiger charge is -2.24. The molecule has 1 aliphatic rings. The molecular formula is C16H18N6S. The minimum absolute atomic E-state index is 0.284. The Morgan fingerprint density at radius 3 is 2.96 bits per heavy atom. The van der Waals surface area contributed by atoms with Crippen molar-refractivity contribution in [3.05, 3.63) is 46.6 Å². The molecule has 0 saturated carbocycles. The summed E-state index contributed by atoms with van der Waals surface area (Å²) in [5.41, 5.74) is 4.80. The summed E-state index contributed by atoms with van der Waals surface area (Å²) < 4.78 is 0. The predicted molar refractivity (Wildman–Crippen MR) is 88.8 cm³/mol. The van der Waals surface area contributed by atoms with E-state index >= 15 is 0 Å². The molecule has 6 nitrogen and oxygen atoms in total. The number of nitrogens with zero attached hydrogens (tertiary/aromatic N) is 5. The minimum atomic E-state index is 0.284.